The van der Waals surface area contributed by atoms with Crippen LogP contribution in [0.3, 0.4) is 0 Å². The minimum Gasteiger partial charge on any atom is -0.337 e. The lowest BCUT2D eigenvalue weighted by Crippen LogP contribution is -2.54. The molecule has 1 aliphatic heterocycles. The highest BCUT2D eigenvalue weighted by atomic mass is 19.1. The molecule has 0 aromatic heterocycles. The highest BCUT2D eigenvalue weighted by Gasteiger charge is 2.34. The van der Waals surface area contributed by atoms with Gasteiger partial charge in [0.15, 0.2) is 0 Å². The molecule has 7 heteroatoms. The van der Waals surface area contributed by atoms with Crippen LogP contribution in [0.25, 0.3) is 0 Å². The molecule has 32 heavy (non-hydrogen) atoms. The molecule has 3 atom stereocenters. The molecule has 2 aliphatic carbocycles. The molecule has 1 aromatic carbocycles. The summed E-state index contributed by atoms with van der Waals surface area (Å²) in [6, 6.07) is 2.95. The van der Waals surface area contributed by atoms with E-state index in [0.717, 1.165) is 49.9 Å². The number of rotatable bonds is 5. The van der Waals surface area contributed by atoms with Crippen molar-refractivity contribution in [3.8, 4) is 0 Å². The molecular weight excluding hydrogens is 412 g/mol. The number of carbonyl (C=O) groups is 2. The maximum absolute atomic E-state index is 14.4. The summed E-state index contributed by atoms with van der Waals surface area (Å²) in [5, 5.41) is 2.77. The molecule has 2 saturated carbocycles. The number of hydrogen-bond donors (Lipinski definition) is 1. The lowest BCUT2D eigenvalue weighted by atomic mass is 10.0. The van der Waals surface area contributed by atoms with E-state index in [1.165, 1.54) is 12.1 Å². The van der Waals surface area contributed by atoms with Gasteiger partial charge in [-0.15, -0.1) is 0 Å². The molecule has 176 valence electrons. The van der Waals surface area contributed by atoms with Crippen LogP contribution >= 0.6 is 0 Å². The van der Waals surface area contributed by atoms with Crippen molar-refractivity contribution >= 4 is 17.5 Å². The molecule has 1 aromatic rings. The van der Waals surface area contributed by atoms with Gasteiger partial charge in [-0.25, -0.2) is 8.78 Å². The van der Waals surface area contributed by atoms with E-state index < -0.39 is 17.9 Å². The van der Waals surface area contributed by atoms with Gasteiger partial charge in [-0.05, 0) is 69.2 Å². The average Bonchev–Trinajstić information content (AvgIpc) is 3.43. The van der Waals surface area contributed by atoms with E-state index in [4.69, 9.17) is 0 Å². The summed E-state index contributed by atoms with van der Waals surface area (Å²) in [7, 11) is 0. The zero-order valence-electron chi connectivity index (χ0n) is 19.2. The topological polar surface area (TPSA) is 52.6 Å². The smallest absolute Gasteiger partial charge is 0.230 e. The van der Waals surface area contributed by atoms with Crippen LogP contribution in [0.1, 0.15) is 63.0 Å². The normalized spacial score (nSPS) is 27.1. The molecule has 1 saturated heterocycles. The monoisotopic (exact) mass is 447 g/mol. The standard InChI is InChI=1S/C25H35F2N3O2/c1-16-14-29(10-11-30(16)25(32)18-6-3-4-7-18)15-19-12-20(26)13-23(17(19)2)28-24(31)21-8-5-9-22(21)27/h12-13,16,18,21-22H,3-11,14-15H2,1-2H3,(H,28,31). The number of halogens is 2. The van der Waals surface area contributed by atoms with Gasteiger partial charge in [-0.1, -0.05) is 12.8 Å². The molecule has 1 N–H and O–H groups in total. The third-order valence-corrected chi connectivity index (χ3v) is 7.60. The van der Waals surface area contributed by atoms with Crippen molar-refractivity contribution in [1.82, 2.24) is 9.80 Å². The second kappa shape index (κ2) is 9.86. The zero-order valence-corrected chi connectivity index (χ0v) is 19.2. The van der Waals surface area contributed by atoms with Crippen molar-refractivity contribution in [2.24, 2.45) is 11.8 Å². The Morgan fingerprint density at radius 3 is 2.50 bits per heavy atom. The van der Waals surface area contributed by atoms with Gasteiger partial charge in [0.05, 0.1) is 5.92 Å². The van der Waals surface area contributed by atoms with Crippen molar-refractivity contribution in [2.75, 3.05) is 25.0 Å². The minimum absolute atomic E-state index is 0.119. The van der Waals surface area contributed by atoms with Gasteiger partial charge in [0.25, 0.3) is 0 Å². The van der Waals surface area contributed by atoms with Crippen LogP contribution in [0.15, 0.2) is 12.1 Å². The van der Waals surface area contributed by atoms with Crippen LogP contribution in [0.5, 0.6) is 0 Å². The Balaban J connectivity index is 1.40. The van der Waals surface area contributed by atoms with E-state index in [2.05, 4.69) is 17.1 Å². The Bertz CT molecular complexity index is 856. The van der Waals surface area contributed by atoms with Gasteiger partial charge in [0, 0.05) is 43.8 Å². The summed E-state index contributed by atoms with van der Waals surface area (Å²) in [6.07, 6.45) is 4.85. The quantitative estimate of drug-likeness (QED) is 0.726. The van der Waals surface area contributed by atoms with Crippen LogP contribution in [0, 0.1) is 24.6 Å². The summed E-state index contributed by atoms with van der Waals surface area (Å²) in [6.45, 7) is 6.67. The molecule has 3 fully saturated rings. The minimum atomic E-state index is -1.12. The first-order valence-corrected chi connectivity index (χ1v) is 12.1. The van der Waals surface area contributed by atoms with Crippen LogP contribution in [0.4, 0.5) is 14.5 Å². The van der Waals surface area contributed by atoms with E-state index in [9.17, 15) is 18.4 Å². The summed E-state index contributed by atoms with van der Waals surface area (Å²) in [5.41, 5.74) is 2.05. The van der Waals surface area contributed by atoms with Gasteiger partial charge in [-0.3, -0.25) is 14.5 Å². The largest absolute Gasteiger partial charge is 0.337 e. The summed E-state index contributed by atoms with van der Waals surface area (Å²) >= 11 is 0. The lowest BCUT2D eigenvalue weighted by molar-refractivity contribution is -0.140. The number of amides is 2. The molecule has 0 radical (unpaired) electrons. The van der Waals surface area contributed by atoms with E-state index in [-0.39, 0.29) is 17.9 Å². The number of hydrogen-bond acceptors (Lipinski definition) is 3. The van der Waals surface area contributed by atoms with E-state index in [1.807, 2.05) is 11.8 Å². The molecular formula is C25H35F2N3O2. The molecule has 1 heterocycles. The predicted octanol–water partition coefficient (Wildman–Crippen LogP) is 4.43. The Morgan fingerprint density at radius 1 is 1.09 bits per heavy atom. The maximum Gasteiger partial charge on any atom is 0.230 e. The molecule has 3 aliphatic rings. The first-order valence-electron chi connectivity index (χ1n) is 12.1. The van der Waals surface area contributed by atoms with Crippen LogP contribution < -0.4 is 5.32 Å². The van der Waals surface area contributed by atoms with Gasteiger partial charge in [0.1, 0.15) is 12.0 Å². The number of anilines is 1. The Morgan fingerprint density at radius 2 is 1.84 bits per heavy atom. The van der Waals surface area contributed by atoms with Crippen molar-refractivity contribution < 1.29 is 18.4 Å². The Labute approximate surface area is 189 Å². The number of piperazine rings is 1. The van der Waals surface area contributed by atoms with E-state index in [0.29, 0.717) is 43.9 Å². The van der Waals surface area contributed by atoms with Gasteiger partial charge >= 0.3 is 0 Å². The third-order valence-electron chi connectivity index (χ3n) is 7.60. The van der Waals surface area contributed by atoms with Crippen molar-refractivity contribution in [2.45, 2.75) is 77.6 Å². The lowest BCUT2D eigenvalue weighted by Gasteiger charge is -2.41. The molecule has 3 unspecified atom stereocenters. The Kier molecular flexibility index (Phi) is 7.13. The highest BCUT2D eigenvalue weighted by molar-refractivity contribution is 5.94. The molecule has 4 rings (SSSR count). The maximum atomic E-state index is 14.4. The molecule has 0 bridgehead atoms. The second-order valence-electron chi connectivity index (χ2n) is 9.88. The Hall–Kier alpha value is -2.02. The summed E-state index contributed by atoms with van der Waals surface area (Å²) < 4.78 is 28.4. The first kappa shape index (κ1) is 23.1. The van der Waals surface area contributed by atoms with Crippen molar-refractivity contribution in [3.63, 3.8) is 0 Å². The number of carbonyl (C=O) groups excluding carboxylic acids is 2. The van der Waals surface area contributed by atoms with Crippen molar-refractivity contribution in [3.05, 3.63) is 29.1 Å². The van der Waals surface area contributed by atoms with Gasteiger partial charge in [0.2, 0.25) is 11.8 Å². The number of benzene rings is 1. The first-order chi connectivity index (χ1) is 15.3. The zero-order chi connectivity index (χ0) is 22.8. The van der Waals surface area contributed by atoms with E-state index >= 15 is 0 Å². The molecule has 2 amide bonds. The summed E-state index contributed by atoms with van der Waals surface area (Å²) in [5.74, 6) is -0.939. The van der Waals surface area contributed by atoms with Crippen molar-refractivity contribution in [1.29, 1.82) is 0 Å². The molecule has 5 nitrogen and oxygen atoms in total. The van der Waals surface area contributed by atoms with Crippen LogP contribution in [-0.4, -0.2) is 53.5 Å². The third kappa shape index (κ3) is 4.98. The van der Waals surface area contributed by atoms with Crippen LogP contribution in [-0.2, 0) is 16.1 Å². The van der Waals surface area contributed by atoms with Gasteiger partial charge < -0.3 is 10.2 Å². The fourth-order valence-electron chi connectivity index (χ4n) is 5.62. The fourth-order valence-corrected chi connectivity index (χ4v) is 5.62. The number of nitrogens with one attached hydrogen (secondary N) is 1. The SMILES string of the molecule is Cc1c(CN2CCN(C(=O)C3CCCC3)C(C)C2)cc(F)cc1NC(=O)C1CCCC1F. The van der Waals surface area contributed by atoms with Gasteiger partial charge in [-0.2, -0.15) is 0 Å². The number of nitrogens with zero attached hydrogens (tertiary/aromatic N) is 2. The second-order valence-corrected chi connectivity index (χ2v) is 9.88. The average molecular weight is 448 g/mol. The highest BCUT2D eigenvalue weighted by Crippen LogP contribution is 2.31. The predicted molar refractivity (Wildman–Crippen MR) is 120 cm³/mol. The fraction of sp³-hybridized carbons (Fsp3) is 0.680. The molecule has 0 spiro atoms. The summed E-state index contributed by atoms with van der Waals surface area (Å²) in [4.78, 5) is 29.6. The van der Waals surface area contributed by atoms with E-state index in [1.54, 1.807) is 0 Å². The number of alkyl halides is 1. The van der Waals surface area contributed by atoms with Crippen LogP contribution in [0.2, 0.25) is 0 Å².